The fourth-order valence-electron chi connectivity index (χ4n) is 2.34. The third-order valence-corrected chi connectivity index (χ3v) is 3.40. The number of nitrogens with zero attached hydrogens (tertiary/aromatic N) is 1. The number of hydrogen-bond donors (Lipinski definition) is 2. The van der Waals surface area contributed by atoms with Crippen molar-refractivity contribution in [1.29, 1.82) is 0 Å². The minimum absolute atomic E-state index is 0.127. The molecule has 0 aliphatic rings. The Balaban J connectivity index is 1.62. The quantitative estimate of drug-likeness (QED) is 0.556. The van der Waals surface area contributed by atoms with Gasteiger partial charge in [-0.25, -0.2) is 0 Å². The van der Waals surface area contributed by atoms with Gasteiger partial charge in [0.25, 0.3) is 5.69 Å². The van der Waals surface area contributed by atoms with E-state index in [9.17, 15) is 10.1 Å². The van der Waals surface area contributed by atoms with Crippen molar-refractivity contribution in [1.82, 2.24) is 10.3 Å². The van der Waals surface area contributed by atoms with Crippen LogP contribution in [0.25, 0.3) is 10.9 Å². The largest absolute Gasteiger partial charge is 0.361 e. The van der Waals surface area contributed by atoms with Crippen molar-refractivity contribution in [2.45, 2.75) is 13.1 Å². The molecule has 3 aromatic rings. The van der Waals surface area contributed by atoms with Gasteiger partial charge in [0.2, 0.25) is 0 Å². The van der Waals surface area contributed by atoms with E-state index in [1.807, 2.05) is 18.3 Å². The van der Waals surface area contributed by atoms with Crippen LogP contribution in [0.5, 0.6) is 0 Å². The molecule has 0 aliphatic heterocycles. The number of nitro benzene ring substituents is 1. The van der Waals surface area contributed by atoms with Crippen LogP contribution in [0.4, 0.5) is 5.69 Å². The lowest BCUT2D eigenvalue weighted by molar-refractivity contribution is -0.384. The van der Waals surface area contributed by atoms with Gasteiger partial charge in [0.1, 0.15) is 0 Å². The van der Waals surface area contributed by atoms with E-state index in [-0.39, 0.29) is 10.6 Å². The molecule has 5 heteroatoms. The predicted octanol–water partition coefficient (Wildman–Crippen LogP) is 3.37. The molecule has 0 atom stereocenters. The fourth-order valence-corrected chi connectivity index (χ4v) is 2.34. The third-order valence-electron chi connectivity index (χ3n) is 3.40. The van der Waals surface area contributed by atoms with Gasteiger partial charge in [-0.1, -0.05) is 24.3 Å². The van der Waals surface area contributed by atoms with Crippen molar-refractivity contribution in [2.24, 2.45) is 0 Å². The van der Waals surface area contributed by atoms with Crippen LogP contribution in [0, 0.1) is 10.1 Å². The van der Waals surface area contributed by atoms with Gasteiger partial charge < -0.3 is 10.3 Å². The van der Waals surface area contributed by atoms with Gasteiger partial charge in [-0.3, -0.25) is 10.1 Å². The SMILES string of the molecule is O=[N+]([O-])c1cccc(CNCc2ccc3cc[nH]c3c2)c1. The first kappa shape index (κ1) is 13.3. The Morgan fingerprint density at radius 3 is 2.67 bits per heavy atom. The maximum absolute atomic E-state index is 10.7. The molecule has 3 rings (SSSR count). The standard InChI is InChI=1S/C16H15N3O2/c20-19(21)15-3-1-2-12(8-15)10-17-11-13-4-5-14-6-7-18-16(14)9-13/h1-9,17-18H,10-11H2. The van der Waals surface area contributed by atoms with E-state index < -0.39 is 0 Å². The summed E-state index contributed by atoms with van der Waals surface area (Å²) in [5, 5.41) is 15.2. The van der Waals surface area contributed by atoms with E-state index in [0.717, 1.165) is 17.6 Å². The van der Waals surface area contributed by atoms with Gasteiger partial charge in [0, 0.05) is 36.9 Å². The number of benzene rings is 2. The number of nitrogens with one attached hydrogen (secondary N) is 2. The zero-order valence-electron chi connectivity index (χ0n) is 11.4. The molecule has 0 fully saturated rings. The molecule has 106 valence electrons. The summed E-state index contributed by atoms with van der Waals surface area (Å²) in [6, 6.07) is 15.0. The second-order valence-corrected chi connectivity index (χ2v) is 4.93. The Morgan fingerprint density at radius 1 is 1.05 bits per heavy atom. The van der Waals surface area contributed by atoms with Gasteiger partial charge in [0.15, 0.2) is 0 Å². The zero-order chi connectivity index (χ0) is 14.7. The lowest BCUT2D eigenvalue weighted by Gasteiger charge is -2.05. The fraction of sp³-hybridized carbons (Fsp3) is 0.125. The number of non-ortho nitro benzene ring substituents is 1. The predicted molar refractivity (Wildman–Crippen MR) is 81.9 cm³/mol. The van der Waals surface area contributed by atoms with Crippen molar-refractivity contribution < 1.29 is 4.92 Å². The van der Waals surface area contributed by atoms with E-state index in [0.29, 0.717) is 6.54 Å². The van der Waals surface area contributed by atoms with Crippen LogP contribution < -0.4 is 5.32 Å². The number of aromatic nitrogens is 1. The average molecular weight is 281 g/mol. The van der Waals surface area contributed by atoms with Gasteiger partial charge in [-0.2, -0.15) is 0 Å². The number of fused-ring (bicyclic) bond motifs is 1. The van der Waals surface area contributed by atoms with Gasteiger partial charge in [-0.15, -0.1) is 0 Å². The normalized spacial score (nSPS) is 10.9. The Hall–Kier alpha value is -2.66. The molecule has 0 unspecified atom stereocenters. The van der Waals surface area contributed by atoms with Crippen LogP contribution in [0.1, 0.15) is 11.1 Å². The van der Waals surface area contributed by atoms with Crippen LogP contribution in [0.15, 0.2) is 54.7 Å². The number of H-pyrrole nitrogens is 1. The summed E-state index contributed by atoms with van der Waals surface area (Å²) >= 11 is 0. The number of aromatic amines is 1. The Bertz CT molecular complexity index is 780. The first-order valence-electron chi connectivity index (χ1n) is 6.72. The highest BCUT2D eigenvalue weighted by Gasteiger charge is 2.05. The van der Waals surface area contributed by atoms with Gasteiger partial charge >= 0.3 is 0 Å². The molecule has 1 aromatic heterocycles. The van der Waals surface area contributed by atoms with Gasteiger partial charge in [-0.05, 0) is 28.6 Å². The molecule has 1 heterocycles. The monoisotopic (exact) mass is 281 g/mol. The average Bonchev–Trinajstić information content (AvgIpc) is 2.95. The molecular formula is C16H15N3O2. The van der Waals surface area contributed by atoms with Crippen molar-refractivity contribution >= 4 is 16.6 Å². The highest BCUT2D eigenvalue weighted by Crippen LogP contribution is 2.15. The van der Waals surface area contributed by atoms with Crippen molar-refractivity contribution in [3.05, 3.63) is 76.0 Å². The van der Waals surface area contributed by atoms with E-state index in [4.69, 9.17) is 0 Å². The minimum Gasteiger partial charge on any atom is -0.361 e. The summed E-state index contributed by atoms with van der Waals surface area (Å²) in [5.41, 5.74) is 3.33. The first-order chi connectivity index (χ1) is 10.2. The van der Waals surface area contributed by atoms with Crippen LogP contribution in [-0.4, -0.2) is 9.91 Å². The van der Waals surface area contributed by atoms with Crippen LogP contribution >= 0.6 is 0 Å². The summed E-state index contributed by atoms with van der Waals surface area (Å²) in [4.78, 5) is 13.5. The Morgan fingerprint density at radius 2 is 1.86 bits per heavy atom. The topological polar surface area (TPSA) is 71.0 Å². The maximum atomic E-state index is 10.7. The molecule has 0 radical (unpaired) electrons. The molecule has 21 heavy (non-hydrogen) atoms. The van der Waals surface area contributed by atoms with Crippen molar-refractivity contribution in [3.63, 3.8) is 0 Å². The molecule has 0 spiro atoms. The van der Waals surface area contributed by atoms with Crippen molar-refractivity contribution in [2.75, 3.05) is 0 Å². The van der Waals surface area contributed by atoms with E-state index in [1.165, 1.54) is 17.0 Å². The van der Waals surface area contributed by atoms with Crippen LogP contribution in [0.3, 0.4) is 0 Å². The smallest absolute Gasteiger partial charge is 0.269 e. The number of hydrogen-bond acceptors (Lipinski definition) is 3. The van der Waals surface area contributed by atoms with Crippen LogP contribution in [0.2, 0.25) is 0 Å². The maximum Gasteiger partial charge on any atom is 0.269 e. The number of nitro groups is 1. The van der Waals surface area contributed by atoms with Crippen LogP contribution in [-0.2, 0) is 13.1 Å². The second-order valence-electron chi connectivity index (χ2n) is 4.93. The molecule has 2 aromatic carbocycles. The molecule has 5 nitrogen and oxygen atoms in total. The molecule has 0 saturated heterocycles. The molecule has 0 saturated carbocycles. The molecule has 0 bridgehead atoms. The molecule has 0 aliphatic carbocycles. The third kappa shape index (κ3) is 3.09. The summed E-state index contributed by atoms with van der Waals surface area (Å²) in [6.07, 6.45) is 1.92. The molecular weight excluding hydrogens is 266 g/mol. The molecule has 2 N–H and O–H groups in total. The highest BCUT2D eigenvalue weighted by molar-refractivity contribution is 5.79. The van der Waals surface area contributed by atoms with Gasteiger partial charge in [0.05, 0.1) is 4.92 Å². The lowest BCUT2D eigenvalue weighted by Crippen LogP contribution is -2.12. The number of rotatable bonds is 5. The summed E-state index contributed by atoms with van der Waals surface area (Å²) in [6.45, 7) is 1.32. The Labute approximate surface area is 121 Å². The first-order valence-corrected chi connectivity index (χ1v) is 6.72. The lowest BCUT2D eigenvalue weighted by atomic mass is 10.1. The molecule has 0 amide bonds. The van der Waals surface area contributed by atoms with E-state index in [2.05, 4.69) is 28.5 Å². The zero-order valence-corrected chi connectivity index (χ0v) is 11.4. The summed E-state index contributed by atoms with van der Waals surface area (Å²) in [7, 11) is 0. The Kier molecular flexibility index (Phi) is 3.66. The highest BCUT2D eigenvalue weighted by atomic mass is 16.6. The second kappa shape index (κ2) is 5.76. The minimum atomic E-state index is -0.372. The van der Waals surface area contributed by atoms with E-state index in [1.54, 1.807) is 12.1 Å². The van der Waals surface area contributed by atoms with E-state index >= 15 is 0 Å². The summed E-state index contributed by atoms with van der Waals surface area (Å²) < 4.78 is 0. The summed E-state index contributed by atoms with van der Waals surface area (Å²) in [5.74, 6) is 0. The van der Waals surface area contributed by atoms with Crippen molar-refractivity contribution in [3.8, 4) is 0 Å².